The highest BCUT2D eigenvalue weighted by Gasteiger charge is 2.53. The average molecular weight is 261 g/mol. The lowest BCUT2D eigenvalue weighted by Gasteiger charge is -2.56. The van der Waals surface area contributed by atoms with Crippen molar-refractivity contribution in [3.63, 3.8) is 0 Å². The van der Waals surface area contributed by atoms with E-state index in [4.69, 9.17) is 5.11 Å². The second-order valence-corrected chi connectivity index (χ2v) is 6.89. The Morgan fingerprint density at radius 2 is 1.74 bits per heavy atom. The van der Waals surface area contributed by atoms with Crippen LogP contribution >= 0.6 is 0 Å². The monoisotopic (exact) mass is 261 g/mol. The van der Waals surface area contributed by atoms with Crippen LogP contribution < -0.4 is 0 Å². The van der Waals surface area contributed by atoms with Crippen molar-refractivity contribution >= 4 is 5.97 Å². The van der Waals surface area contributed by atoms with Crippen LogP contribution in [0.15, 0.2) is 0 Å². The number of H-pyrrole nitrogens is 1. The molecule has 4 aliphatic rings. The Balaban J connectivity index is 1.72. The molecule has 0 atom stereocenters. The Labute approximate surface area is 111 Å². The number of nitrogens with zero attached hydrogens (tertiary/aromatic N) is 2. The van der Waals surface area contributed by atoms with E-state index in [9.17, 15) is 4.79 Å². The van der Waals surface area contributed by atoms with Crippen molar-refractivity contribution < 1.29 is 9.90 Å². The molecule has 19 heavy (non-hydrogen) atoms. The van der Waals surface area contributed by atoms with Crippen LogP contribution in [-0.2, 0) is 16.6 Å². The first kappa shape index (κ1) is 11.4. The number of nitrogens with one attached hydrogen (secondary N) is 1. The van der Waals surface area contributed by atoms with Crippen LogP contribution in [-0.4, -0.2) is 26.5 Å². The van der Waals surface area contributed by atoms with Gasteiger partial charge in [0.05, 0.1) is 17.8 Å². The van der Waals surface area contributed by atoms with Gasteiger partial charge in [-0.15, -0.1) is 0 Å². The molecule has 1 heterocycles. The minimum Gasteiger partial charge on any atom is -0.481 e. The summed E-state index contributed by atoms with van der Waals surface area (Å²) in [5.74, 6) is 1.68. The summed E-state index contributed by atoms with van der Waals surface area (Å²) in [6.45, 7) is 0. The SMILES string of the molecule is O=C(O)Cc1n[nH]nc1C12CC3CC(CC(C3)C1)C2. The fourth-order valence-corrected chi connectivity index (χ4v) is 5.34. The van der Waals surface area contributed by atoms with Crippen LogP contribution in [0.1, 0.15) is 49.9 Å². The van der Waals surface area contributed by atoms with Gasteiger partial charge in [0.2, 0.25) is 0 Å². The predicted octanol–water partition coefficient (Wildman–Crippen LogP) is 1.90. The van der Waals surface area contributed by atoms with Crippen LogP contribution in [0.2, 0.25) is 0 Å². The van der Waals surface area contributed by atoms with Crippen LogP contribution in [0.3, 0.4) is 0 Å². The van der Waals surface area contributed by atoms with E-state index in [1.54, 1.807) is 0 Å². The Bertz CT molecular complexity index is 487. The fourth-order valence-electron chi connectivity index (χ4n) is 5.34. The van der Waals surface area contributed by atoms with Crippen molar-refractivity contribution in [1.29, 1.82) is 0 Å². The van der Waals surface area contributed by atoms with Crippen molar-refractivity contribution in [1.82, 2.24) is 15.4 Å². The highest BCUT2D eigenvalue weighted by molar-refractivity contribution is 5.70. The summed E-state index contributed by atoms with van der Waals surface area (Å²) in [5, 5.41) is 20.1. The van der Waals surface area contributed by atoms with Crippen LogP contribution in [0.5, 0.6) is 0 Å². The maximum Gasteiger partial charge on any atom is 0.309 e. The highest BCUT2D eigenvalue weighted by atomic mass is 16.4. The van der Waals surface area contributed by atoms with Crippen LogP contribution in [0, 0.1) is 17.8 Å². The largest absolute Gasteiger partial charge is 0.481 e. The topological polar surface area (TPSA) is 78.9 Å². The molecule has 1 aromatic rings. The number of aromatic amines is 1. The molecule has 5 heteroatoms. The van der Waals surface area contributed by atoms with Crippen molar-refractivity contribution in [3.8, 4) is 0 Å². The number of carboxylic acids is 1. The van der Waals surface area contributed by atoms with Gasteiger partial charge in [-0.25, -0.2) is 0 Å². The summed E-state index contributed by atoms with van der Waals surface area (Å²) in [7, 11) is 0. The number of rotatable bonds is 3. The molecular formula is C14H19N3O2. The number of carbonyl (C=O) groups is 1. The maximum absolute atomic E-state index is 11.0. The van der Waals surface area contributed by atoms with Gasteiger partial charge in [0.25, 0.3) is 0 Å². The molecule has 0 radical (unpaired) electrons. The van der Waals surface area contributed by atoms with Crippen molar-refractivity contribution in [2.24, 2.45) is 17.8 Å². The number of carboxylic acid groups (broad SMARTS) is 1. The molecule has 102 valence electrons. The molecular weight excluding hydrogens is 242 g/mol. The molecule has 5 rings (SSSR count). The number of aliphatic carboxylic acids is 1. The van der Waals surface area contributed by atoms with E-state index >= 15 is 0 Å². The Hall–Kier alpha value is -1.39. The van der Waals surface area contributed by atoms with E-state index in [1.165, 1.54) is 38.5 Å². The van der Waals surface area contributed by atoms with Gasteiger partial charge in [0.1, 0.15) is 0 Å². The molecule has 5 nitrogen and oxygen atoms in total. The quantitative estimate of drug-likeness (QED) is 0.871. The summed E-state index contributed by atoms with van der Waals surface area (Å²) < 4.78 is 0. The van der Waals surface area contributed by atoms with Gasteiger partial charge < -0.3 is 5.11 Å². The Morgan fingerprint density at radius 3 is 2.26 bits per heavy atom. The zero-order valence-electron chi connectivity index (χ0n) is 10.9. The highest BCUT2D eigenvalue weighted by Crippen LogP contribution is 2.60. The molecule has 4 saturated carbocycles. The van der Waals surface area contributed by atoms with Gasteiger partial charge in [-0.05, 0) is 56.3 Å². The molecule has 2 N–H and O–H groups in total. The second-order valence-electron chi connectivity index (χ2n) is 6.89. The lowest BCUT2D eigenvalue weighted by molar-refractivity contribution is -0.136. The minimum atomic E-state index is -0.820. The third-order valence-electron chi connectivity index (χ3n) is 5.48. The lowest BCUT2D eigenvalue weighted by Crippen LogP contribution is -2.49. The number of aromatic nitrogens is 3. The van der Waals surface area contributed by atoms with E-state index < -0.39 is 5.97 Å². The lowest BCUT2D eigenvalue weighted by atomic mass is 9.48. The summed E-state index contributed by atoms with van der Waals surface area (Å²) >= 11 is 0. The Kier molecular flexibility index (Phi) is 2.29. The van der Waals surface area contributed by atoms with E-state index in [-0.39, 0.29) is 11.8 Å². The molecule has 1 aromatic heterocycles. The number of hydrogen-bond acceptors (Lipinski definition) is 3. The molecule has 4 aliphatic carbocycles. The fraction of sp³-hybridized carbons (Fsp3) is 0.786. The second kappa shape index (κ2) is 3.81. The molecule has 4 fully saturated rings. The van der Waals surface area contributed by atoms with Crippen molar-refractivity contribution in [3.05, 3.63) is 11.4 Å². The minimum absolute atomic E-state index is 0.00637. The molecule has 0 aromatic carbocycles. The van der Waals surface area contributed by atoms with Gasteiger partial charge in [-0.3, -0.25) is 4.79 Å². The first-order chi connectivity index (χ1) is 9.14. The first-order valence-electron chi connectivity index (χ1n) is 7.26. The first-order valence-corrected chi connectivity index (χ1v) is 7.26. The smallest absolute Gasteiger partial charge is 0.309 e. The maximum atomic E-state index is 11.0. The van der Waals surface area contributed by atoms with Crippen molar-refractivity contribution in [2.45, 2.75) is 50.4 Å². The van der Waals surface area contributed by atoms with Crippen LogP contribution in [0.4, 0.5) is 0 Å². The third-order valence-corrected chi connectivity index (χ3v) is 5.48. The number of hydrogen-bond donors (Lipinski definition) is 2. The average Bonchev–Trinajstić information content (AvgIpc) is 2.74. The van der Waals surface area contributed by atoms with Gasteiger partial charge in [-0.2, -0.15) is 15.4 Å². The summed E-state index contributed by atoms with van der Waals surface area (Å²) in [6, 6.07) is 0. The van der Waals surface area contributed by atoms with Gasteiger partial charge in [0.15, 0.2) is 0 Å². The summed E-state index contributed by atoms with van der Waals surface area (Å²) in [6.07, 6.45) is 7.71. The van der Waals surface area contributed by atoms with E-state index in [2.05, 4.69) is 15.4 Å². The molecule has 0 aliphatic heterocycles. The summed E-state index contributed by atoms with van der Waals surface area (Å²) in [5.41, 5.74) is 1.76. The normalized spacial score (nSPS) is 39.7. The molecule has 0 unspecified atom stereocenters. The zero-order valence-corrected chi connectivity index (χ0v) is 10.9. The molecule has 0 spiro atoms. The Morgan fingerprint density at radius 1 is 1.16 bits per heavy atom. The van der Waals surface area contributed by atoms with Crippen LogP contribution in [0.25, 0.3) is 0 Å². The predicted molar refractivity (Wildman–Crippen MR) is 67.6 cm³/mol. The molecule has 0 amide bonds. The van der Waals surface area contributed by atoms with E-state index in [1.807, 2.05) is 0 Å². The zero-order chi connectivity index (χ0) is 13.0. The van der Waals surface area contributed by atoms with E-state index in [0.717, 1.165) is 23.4 Å². The molecule has 0 saturated heterocycles. The standard InChI is InChI=1S/C14H19N3O2/c18-12(19)4-11-13(16-17-15-11)14-5-8-1-9(6-14)3-10(2-8)7-14/h8-10H,1-7H2,(H,18,19)(H,15,16,17). The van der Waals surface area contributed by atoms with Gasteiger partial charge in [0, 0.05) is 5.41 Å². The third kappa shape index (κ3) is 1.70. The van der Waals surface area contributed by atoms with Crippen molar-refractivity contribution in [2.75, 3.05) is 0 Å². The summed E-state index contributed by atoms with van der Waals surface area (Å²) in [4.78, 5) is 11.0. The van der Waals surface area contributed by atoms with Gasteiger partial charge >= 0.3 is 5.97 Å². The van der Waals surface area contributed by atoms with E-state index in [0.29, 0.717) is 5.69 Å². The van der Waals surface area contributed by atoms with Gasteiger partial charge in [-0.1, -0.05) is 0 Å². The molecule has 4 bridgehead atoms.